The van der Waals surface area contributed by atoms with Gasteiger partial charge in [-0.25, -0.2) is 0 Å². The molecule has 0 radical (unpaired) electrons. The Bertz CT molecular complexity index is 457. The molecule has 0 aliphatic carbocycles. The van der Waals surface area contributed by atoms with E-state index in [1.807, 2.05) is 38.1 Å². The van der Waals surface area contributed by atoms with Crippen molar-refractivity contribution in [1.82, 2.24) is 4.90 Å². The van der Waals surface area contributed by atoms with E-state index >= 15 is 0 Å². The number of oxime groups is 1. The molecule has 1 atom stereocenters. The van der Waals surface area contributed by atoms with Crippen LogP contribution in [0.15, 0.2) is 29.4 Å². The molecule has 1 aromatic carbocycles. The number of hydrogen-bond acceptors (Lipinski definition) is 3. The average Bonchev–Trinajstić information content (AvgIpc) is 2.43. The van der Waals surface area contributed by atoms with E-state index in [0.717, 1.165) is 18.0 Å². The van der Waals surface area contributed by atoms with E-state index in [-0.39, 0.29) is 17.3 Å². The minimum Gasteiger partial charge on any atom is -0.409 e. The van der Waals surface area contributed by atoms with Crippen molar-refractivity contribution in [3.8, 4) is 0 Å². The second-order valence-corrected chi connectivity index (χ2v) is 6.26. The number of nitrogens with two attached hydrogens (primary N) is 1. The van der Waals surface area contributed by atoms with Crippen LogP contribution in [-0.2, 0) is 0 Å². The normalized spacial score (nSPS) is 14.6. The van der Waals surface area contributed by atoms with Gasteiger partial charge in [0.05, 0.1) is 0 Å². The minimum atomic E-state index is -0.317. The van der Waals surface area contributed by atoms with E-state index in [1.165, 1.54) is 5.56 Å². The molecule has 0 heterocycles. The fourth-order valence-electron chi connectivity index (χ4n) is 1.91. The second-order valence-electron chi connectivity index (χ2n) is 5.83. The van der Waals surface area contributed by atoms with Crippen molar-refractivity contribution in [2.24, 2.45) is 16.3 Å². The van der Waals surface area contributed by atoms with Crippen LogP contribution in [-0.4, -0.2) is 29.5 Å². The van der Waals surface area contributed by atoms with Crippen LogP contribution in [0, 0.1) is 5.41 Å². The predicted octanol–water partition coefficient (Wildman–Crippen LogP) is 3.50. The maximum absolute atomic E-state index is 8.79. The molecule has 0 saturated heterocycles. The second kappa shape index (κ2) is 6.95. The lowest BCUT2D eigenvalue weighted by atomic mass is 9.87. The molecule has 20 heavy (non-hydrogen) atoms. The maximum Gasteiger partial charge on any atom is 0.144 e. The van der Waals surface area contributed by atoms with E-state index in [4.69, 9.17) is 22.5 Å². The van der Waals surface area contributed by atoms with Gasteiger partial charge in [-0.1, -0.05) is 42.7 Å². The van der Waals surface area contributed by atoms with Gasteiger partial charge < -0.3 is 10.9 Å². The molecule has 0 bridgehead atoms. The Kier molecular flexibility index (Phi) is 5.84. The molecule has 0 aliphatic heterocycles. The molecule has 3 N–H and O–H groups in total. The van der Waals surface area contributed by atoms with Gasteiger partial charge in [0.15, 0.2) is 0 Å². The maximum atomic E-state index is 8.79. The highest BCUT2D eigenvalue weighted by molar-refractivity contribution is 6.30. The number of amidine groups is 1. The Morgan fingerprint density at radius 1 is 1.40 bits per heavy atom. The van der Waals surface area contributed by atoms with Crippen LogP contribution in [0.1, 0.15) is 38.8 Å². The first-order chi connectivity index (χ1) is 9.27. The Labute approximate surface area is 126 Å². The van der Waals surface area contributed by atoms with E-state index in [9.17, 15) is 0 Å². The summed E-state index contributed by atoms with van der Waals surface area (Å²) in [7, 11) is 2.07. The molecule has 0 fully saturated rings. The Morgan fingerprint density at radius 2 is 1.95 bits per heavy atom. The van der Waals surface area contributed by atoms with Crippen LogP contribution in [0.2, 0.25) is 5.02 Å². The summed E-state index contributed by atoms with van der Waals surface area (Å²) in [6.45, 7) is 6.96. The summed E-state index contributed by atoms with van der Waals surface area (Å²) in [4.78, 5) is 2.25. The van der Waals surface area contributed by atoms with Gasteiger partial charge in [0.25, 0.3) is 0 Å². The Balaban J connectivity index is 2.63. The zero-order valence-corrected chi connectivity index (χ0v) is 13.4. The molecule has 0 saturated carbocycles. The standard InChI is InChI=1S/C15H24ClN3O/c1-11(12-5-7-13(16)8-6-12)19(4)10-9-15(2,3)14(17)18-20/h5-8,11,20H,9-10H2,1-4H3,(H2,17,18). The van der Waals surface area contributed by atoms with Gasteiger partial charge in [-0.3, -0.25) is 4.90 Å². The van der Waals surface area contributed by atoms with E-state index < -0.39 is 0 Å². The van der Waals surface area contributed by atoms with Crippen molar-refractivity contribution in [3.63, 3.8) is 0 Å². The first-order valence-electron chi connectivity index (χ1n) is 6.71. The highest BCUT2D eigenvalue weighted by Crippen LogP contribution is 2.25. The number of nitrogens with zero attached hydrogens (tertiary/aromatic N) is 2. The van der Waals surface area contributed by atoms with Crippen molar-refractivity contribution in [2.45, 2.75) is 33.2 Å². The molecule has 1 unspecified atom stereocenters. The molecule has 5 heteroatoms. The van der Waals surface area contributed by atoms with Crippen LogP contribution >= 0.6 is 11.6 Å². The lowest BCUT2D eigenvalue weighted by Gasteiger charge is -2.30. The number of halogens is 1. The smallest absolute Gasteiger partial charge is 0.144 e. The SMILES string of the molecule is CC(c1ccc(Cl)cc1)N(C)CCC(C)(C)C(N)=NO. The van der Waals surface area contributed by atoms with Crippen LogP contribution in [0.4, 0.5) is 0 Å². The van der Waals surface area contributed by atoms with Gasteiger partial charge in [-0.05, 0) is 44.6 Å². The summed E-state index contributed by atoms with van der Waals surface area (Å²) in [5.74, 6) is 0.269. The van der Waals surface area contributed by atoms with E-state index in [0.29, 0.717) is 0 Å². The predicted molar refractivity (Wildman–Crippen MR) is 84.3 cm³/mol. The minimum absolute atomic E-state index is 0.269. The van der Waals surface area contributed by atoms with E-state index in [1.54, 1.807) is 0 Å². The lowest BCUT2D eigenvalue weighted by molar-refractivity contribution is 0.231. The van der Waals surface area contributed by atoms with Crippen molar-refractivity contribution in [3.05, 3.63) is 34.9 Å². The van der Waals surface area contributed by atoms with Crippen molar-refractivity contribution in [1.29, 1.82) is 0 Å². The Morgan fingerprint density at radius 3 is 2.45 bits per heavy atom. The van der Waals surface area contributed by atoms with Gasteiger partial charge in [0.1, 0.15) is 5.84 Å². The number of hydrogen-bond donors (Lipinski definition) is 2. The summed E-state index contributed by atoms with van der Waals surface area (Å²) >= 11 is 5.90. The molecule has 4 nitrogen and oxygen atoms in total. The highest BCUT2D eigenvalue weighted by atomic mass is 35.5. The molecule has 112 valence electrons. The third kappa shape index (κ3) is 4.39. The van der Waals surface area contributed by atoms with Gasteiger partial charge >= 0.3 is 0 Å². The van der Waals surface area contributed by atoms with Crippen LogP contribution in [0.3, 0.4) is 0 Å². The third-order valence-corrected chi connectivity index (χ3v) is 4.16. The van der Waals surface area contributed by atoms with Crippen LogP contribution in [0.5, 0.6) is 0 Å². The van der Waals surface area contributed by atoms with Gasteiger partial charge in [-0.15, -0.1) is 0 Å². The number of benzene rings is 1. The molecule has 0 amide bonds. The first kappa shape index (κ1) is 16.8. The zero-order valence-electron chi connectivity index (χ0n) is 12.6. The van der Waals surface area contributed by atoms with Gasteiger partial charge in [0, 0.05) is 16.5 Å². The van der Waals surface area contributed by atoms with Crippen molar-refractivity contribution >= 4 is 17.4 Å². The molecular formula is C15H24ClN3O. The third-order valence-electron chi connectivity index (χ3n) is 3.90. The quantitative estimate of drug-likeness (QED) is 0.366. The van der Waals surface area contributed by atoms with Crippen LogP contribution < -0.4 is 5.73 Å². The molecule has 0 aromatic heterocycles. The van der Waals surface area contributed by atoms with E-state index in [2.05, 4.69) is 24.0 Å². The molecule has 1 aromatic rings. The summed E-state index contributed by atoms with van der Waals surface area (Å²) in [6, 6.07) is 8.18. The highest BCUT2D eigenvalue weighted by Gasteiger charge is 2.24. The summed E-state index contributed by atoms with van der Waals surface area (Å²) < 4.78 is 0. The number of rotatable bonds is 6. The summed E-state index contributed by atoms with van der Waals surface area (Å²) in [5.41, 5.74) is 6.61. The van der Waals surface area contributed by atoms with Crippen molar-refractivity contribution < 1.29 is 5.21 Å². The molecular weight excluding hydrogens is 274 g/mol. The molecule has 1 rings (SSSR count). The monoisotopic (exact) mass is 297 g/mol. The molecule has 0 aliphatic rings. The lowest BCUT2D eigenvalue weighted by Crippen LogP contribution is -2.36. The zero-order chi connectivity index (χ0) is 15.3. The van der Waals surface area contributed by atoms with Gasteiger partial charge in [0.2, 0.25) is 0 Å². The van der Waals surface area contributed by atoms with Gasteiger partial charge in [-0.2, -0.15) is 0 Å². The Hall–Kier alpha value is -1.26. The summed E-state index contributed by atoms with van der Waals surface area (Å²) in [6.07, 6.45) is 0.817. The van der Waals surface area contributed by atoms with Crippen LogP contribution in [0.25, 0.3) is 0 Å². The largest absolute Gasteiger partial charge is 0.409 e. The first-order valence-corrected chi connectivity index (χ1v) is 7.09. The topological polar surface area (TPSA) is 61.8 Å². The summed E-state index contributed by atoms with van der Waals surface area (Å²) in [5, 5.41) is 12.6. The fraction of sp³-hybridized carbons (Fsp3) is 0.533. The molecule has 0 spiro atoms. The fourth-order valence-corrected chi connectivity index (χ4v) is 2.03. The van der Waals surface area contributed by atoms with Crippen molar-refractivity contribution in [2.75, 3.05) is 13.6 Å². The average molecular weight is 298 g/mol.